The van der Waals surface area contributed by atoms with Crippen LogP contribution in [0.25, 0.3) is 0 Å². The molecule has 0 unspecified atom stereocenters. The highest BCUT2D eigenvalue weighted by Gasteiger charge is 2.32. The molecule has 2 aromatic rings. The Morgan fingerprint density at radius 1 is 1.07 bits per heavy atom. The summed E-state index contributed by atoms with van der Waals surface area (Å²) in [5, 5.41) is 3.06. The SMILES string of the molecule is Cc1ccc([C@H](C)NC(=O)C2CCN(S(=O)(=O)c3ccc(F)cc3)CC2)cc1C. The second kappa shape index (κ2) is 8.63. The van der Waals surface area contributed by atoms with Gasteiger partial charge in [0.15, 0.2) is 0 Å². The number of rotatable bonds is 5. The number of aryl methyl sites for hydroxylation is 2. The maximum Gasteiger partial charge on any atom is 0.243 e. The number of carbonyl (C=O) groups is 1. The van der Waals surface area contributed by atoms with Crippen LogP contribution in [-0.2, 0) is 14.8 Å². The summed E-state index contributed by atoms with van der Waals surface area (Å²) in [7, 11) is -3.67. The van der Waals surface area contributed by atoms with Gasteiger partial charge in [0.25, 0.3) is 0 Å². The summed E-state index contributed by atoms with van der Waals surface area (Å²) in [5.74, 6) is -0.740. The fourth-order valence-electron chi connectivity index (χ4n) is 3.56. The van der Waals surface area contributed by atoms with Crippen molar-refractivity contribution in [1.82, 2.24) is 9.62 Å². The van der Waals surface area contributed by atoms with Crippen molar-refractivity contribution in [1.29, 1.82) is 0 Å². The molecule has 1 aliphatic heterocycles. The number of hydrogen-bond donors (Lipinski definition) is 1. The molecule has 0 bridgehead atoms. The van der Waals surface area contributed by atoms with Crippen LogP contribution in [0.15, 0.2) is 47.4 Å². The zero-order valence-corrected chi connectivity index (χ0v) is 17.8. The third-order valence-electron chi connectivity index (χ3n) is 5.67. The van der Waals surface area contributed by atoms with Crippen LogP contribution >= 0.6 is 0 Å². The van der Waals surface area contributed by atoms with Crippen molar-refractivity contribution in [3.05, 3.63) is 65.0 Å². The smallest absolute Gasteiger partial charge is 0.243 e. The summed E-state index contributed by atoms with van der Waals surface area (Å²) in [5.41, 5.74) is 3.45. The first-order chi connectivity index (χ1) is 13.7. The lowest BCUT2D eigenvalue weighted by Crippen LogP contribution is -2.43. The van der Waals surface area contributed by atoms with Gasteiger partial charge in [-0.25, -0.2) is 12.8 Å². The first-order valence-electron chi connectivity index (χ1n) is 9.81. The van der Waals surface area contributed by atoms with Crippen LogP contribution in [0.4, 0.5) is 4.39 Å². The van der Waals surface area contributed by atoms with Crippen LogP contribution in [0.3, 0.4) is 0 Å². The predicted molar refractivity (Wildman–Crippen MR) is 110 cm³/mol. The van der Waals surface area contributed by atoms with Crippen molar-refractivity contribution in [3.8, 4) is 0 Å². The predicted octanol–water partition coefficient (Wildman–Crippen LogP) is 3.72. The van der Waals surface area contributed by atoms with E-state index >= 15 is 0 Å². The number of sulfonamides is 1. The van der Waals surface area contributed by atoms with Crippen LogP contribution in [-0.4, -0.2) is 31.7 Å². The van der Waals surface area contributed by atoms with Crippen molar-refractivity contribution in [2.45, 2.75) is 44.6 Å². The van der Waals surface area contributed by atoms with Crippen molar-refractivity contribution in [2.24, 2.45) is 5.92 Å². The highest BCUT2D eigenvalue weighted by atomic mass is 32.2. The number of benzene rings is 2. The Labute approximate surface area is 172 Å². The Hall–Kier alpha value is -2.25. The van der Waals surface area contributed by atoms with E-state index in [2.05, 4.69) is 18.3 Å². The topological polar surface area (TPSA) is 66.5 Å². The van der Waals surface area contributed by atoms with E-state index in [0.29, 0.717) is 12.8 Å². The molecule has 1 N–H and O–H groups in total. The Balaban J connectivity index is 1.59. The fraction of sp³-hybridized carbons (Fsp3) is 0.409. The molecule has 1 heterocycles. The van der Waals surface area contributed by atoms with Crippen molar-refractivity contribution < 1.29 is 17.6 Å². The second-order valence-corrected chi connectivity index (χ2v) is 9.64. The summed E-state index contributed by atoms with van der Waals surface area (Å²) in [6.07, 6.45) is 0.928. The van der Waals surface area contributed by atoms with Gasteiger partial charge >= 0.3 is 0 Å². The lowest BCUT2D eigenvalue weighted by Gasteiger charge is -2.31. The van der Waals surface area contributed by atoms with Gasteiger partial charge in [-0.15, -0.1) is 0 Å². The van der Waals surface area contributed by atoms with E-state index in [-0.39, 0.29) is 35.9 Å². The zero-order chi connectivity index (χ0) is 21.2. The first kappa shape index (κ1) is 21.5. The van der Waals surface area contributed by atoms with E-state index < -0.39 is 15.8 Å². The molecular weight excluding hydrogens is 391 g/mol. The summed E-state index contributed by atoms with van der Waals surface area (Å²) < 4.78 is 39.8. The third kappa shape index (κ3) is 4.85. The normalized spacial score (nSPS) is 17.1. The Kier molecular flexibility index (Phi) is 6.39. The van der Waals surface area contributed by atoms with Gasteiger partial charge in [0.1, 0.15) is 5.82 Å². The molecule has 0 spiro atoms. The average Bonchev–Trinajstić information content (AvgIpc) is 2.70. The lowest BCUT2D eigenvalue weighted by atomic mass is 9.96. The summed E-state index contributed by atoms with van der Waals surface area (Å²) >= 11 is 0. The molecule has 1 aliphatic rings. The van der Waals surface area contributed by atoms with Gasteiger partial charge in [-0.2, -0.15) is 4.31 Å². The number of nitrogens with one attached hydrogen (secondary N) is 1. The minimum absolute atomic E-state index is 0.0467. The van der Waals surface area contributed by atoms with Gasteiger partial charge in [-0.05, 0) is 74.6 Å². The van der Waals surface area contributed by atoms with Gasteiger partial charge in [0, 0.05) is 19.0 Å². The molecule has 2 aromatic carbocycles. The largest absolute Gasteiger partial charge is 0.349 e. The van der Waals surface area contributed by atoms with E-state index in [1.807, 2.05) is 26.0 Å². The number of amides is 1. The molecule has 5 nitrogen and oxygen atoms in total. The Morgan fingerprint density at radius 3 is 2.28 bits per heavy atom. The minimum atomic E-state index is -3.67. The number of piperidine rings is 1. The van der Waals surface area contributed by atoms with E-state index in [4.69, 9.17) is 0 Å². The molecule has 1 saturated heterocycles. The zero-order valence-electron chi connectivity index (χ0n) is 17.0. The van der Waals surface area contributed by atoms with Gasteiger partial charge in [-0.3, -0.25) is 4.79 Å². The molecule has 0 aromatic heterocycles. The van der Waals surface area contributed by atoms with Crippen LogP contribution in [0.2, 0.25) is 0 Å². The molecule has 1 amide bonds. The summed E-state index contributed by atoms with van der Waals surface area (Å²) in [6.45, 7) is 6.60. The van der Waals surface area contributed by atoms with Crippen LogP contribution in [0.5, 0.6) is 0 Å². The van der Waals surface area contributed by atoms with E-state index in [0.717, 1.165) is 17.7 Å². The molecule has 0 saturated carbocycles. The number of carbonyl (C=O) groups excluding carboxylic acids is 1. The number of hydrogen-bond acceptors (Lipinski definition) is 3. The highest BCUT2D eigenvalue weighted by molar-refractivity contribution is 7.89. The fourth-order valence-corrected chi connectivity index (χ4v) is 5.03. The standard InChI is InChI=1S/C22H27FN2O3S/c1-15-4-5-19(14-16(15)2)17(3)24-22(26)18-10-12-25(13-11-18)29(27,28)21-8-6-20(23)7-9-21/h4-9,14,17-18H,10-13H2,1-3H3,(H,24,26)/t17-/m0/s1. The number of halogens is 1. The third-order valence-corrected chi connectivity index (χ3v) is 7.58. The van der Waals surface area contributed by atoms with Gasteiger partial charge in [0.2, 0.25) is 15.9 Å². The number of nitrogens with zero attached hydrogens (tertiary/aromatic N) is 1. The van der Waals surface area contributed by atoms with Crippen molar-refractivity contribution in [2.75, 3.05) is 13.1 Å². The molecular formula is C22H27FN2O3S. The quantitative estimate of drug-likeness (QED) is 0.805. The molecule has 1 atom stereocenters. The summed E-state index contributed by atoms with van der Waals surface area (Å²) in [6, 6.07) is 10.9. The maximum absolute atomic E-state index is 13.1. The van der Waals surface area contributed by atoms with Crippen LogP contribution < -0.4 is 5.32 Å². The van der Waals surface area contributed by atoms with E-state index in [1.54, 1.807) is 0 Å². The van der Waals surface area contributed by atoms with Gasteiger partial charge in [0.05, 0.1) is 10.9 Å². The highest BCUT2D eigenvalue weighted by Crippen LogP contribution is 2.25. The first-order valence-corrected chi connectivity index (χ1v) is 11.3. The van der Waals surface area contributed by atoms with Crippen molar-refractivity contribution >= 4 is 15.9 Å². The maximum atomic E-state index is 13.1. The molecule has 0 aliphatic carbocycles. The molecule has 1 fully saturated rings. The molecule has 0 radical (unpaired) electrons. The molecule has 3 rings (SSSR count). The van der Waals surface area contributed by atoms with Crippen molar-refractivity contribution in [3.63, 3.8) is 0 Å². The van der Waals surface area contributed by atoms with E-state index in [9.17, 15) is 17.6 Å². The second-order valence-electron chi connectivity index (χ2n) is 7.71. The minimum Gasteiger partial charge on any atom is -0.349 e. The molecule has 29 heavy (non-hydrogen) atoms. The average molecular weight is 419 g/mol. The van der Waals surface area contributed by atoms with Crippen LogP contribution in [0, 0.1) is 25.6 Å². The Morgan fingerprint density at radius 2 is 1.69 bits per heavy atom. The van der Waals surface area contributed by atoms with Crippen LogP contribution in [0.1, 0.15) is 42.5 Å². The van der Waals surface area contributed by atoms with Gasteiger partial charge in [-0.1, -0.05) is 18.2 Å². The molecule has 7 heteroatoms. The molecule has 156 valence electrons. The summed E-state index contributed by atoms with van der Waals surface area (Å²) in [4.78, 5) is 12.8. The lowest BCUT2D eigenvalue weighted by molar-refractivity contribution is -0.126. The Bertz CT molecular complexity index is 982. The van der Waals surface area contributed by atoms with E-state index in [1.165, 1.54) is 27.6 Å². The monoisotopic (exact) mass is 418 g/mol. The van der Waals surface area contributed by atoms with Gasteiger partial charge < -0.3 is 5.32 Å².